The molecular weight excluding hydrogens is 279 g/mol. The fourth-order valence-corrected chi connectivity index (χ4v) is 4.32. The molecule has 0 atom stereocenters. The van der Waals surface area contributed by atoms with Gasteiger partial charge >= 0.3 is 6.18 Å². The Labute approximate surface area is 109 Å². The van der Waals surface area contributed by atoms with Crippen LogP contribution in [0.3, 0.4) is 0 Å². The maximum atomic E-state index is 12.5. The molecule has 19 heavy (non-hydrogen) atoms. The second-order valence-corrected chi connectivity index (χ2v) is 6.90. The maximum absolute atomic E-state index is 12.5. The third-order valence-electron chi connectivity index (χ3n) is 3.38. The predicted molar refractivity (Wildman–Crippen MR) is 65.3 cm³/mol. The molecule has 0 amide bonds. The van der Waals surface area contributed by atoms with Gasteiger partial charge in [0.15, 0.2) is 9.84 Å². The van der Waals surface area contributed by atoms with E-state index in [0.29, 0.717) is 18.9 Å². The Bertz CT molecular complexity index is 575. The highest BCUT2D eigenvalue weighted by atomic mass is 32.2. The topological polar surface area (TPSA) is 60.2 Å². The number of hydrogen-bond donors (Lipinski definition) is 1. The highest BCUT2D eigenvalue weighted by Crippen LogP contribution is 2.36. The molecule has 1 aliphatic carbocycles. The summed E-state index contributed by atoms with van der Waals surface area (Å²) in [7, 11) is -3.62. The Morgan fingerprint density at radius 3 is 2.21 bits per heavy atom. The molecule has 1 saturated carbocycles. The molecule has 0 aromatic heterocycles. The van der Waals surface area contributed by atoms with Crippen LogP contribution < -0.4 is 5.73 Å². The highest BCUT2D eigenvalue weighted by Gasteiger charge is 2.34. The number of benzene rings is 1. The molecule has 0 radical (unpaired) electrons. The highest BCUT2D eigenvalue weighted by molar-refractivity contribution is 7.92. The van der Waals surface area contributed by atoms with Gasteiger partial charge in [-0.15, -0.1) is 0 Å². The number of nitrogens with two attached hydrogens (primary N) is 1. The molecule has 7 heteroatoms. The Balaban J connectivity index is 2.41. The lowest BCUT2D eigenvalue weighted by Gasteiger charge is -2.15. The average Bonchev–Trinajstić information content (AvgIpc) is 2.81. The van der Waals surface area contributed by atoms with Crippen LogP contribution in [0.2, 0.25) is 0 Å². The summed E-state index contributed by atoms with van der Waals surface area (Å²) in [4.78, 5) is -0.188. The van der Waals surface area contributed by atoms with Gasteiger partial charge in [-0.05, 0) is 31.0 Å². The van der Waals surface area contributed by atoms with E-state index in [1.807, 2.05) is 0 Å². The first-order chi connectivity index (χ1) is 8.73. The van der Waals surface area contributed by atoms with Crippen molar-refractivity contribution >= 4 is 15.5 Å². The van der Waals surface area contributed by atoms with Crippen LogP contribution in [0, 0.1) is 0 Å². The van der Waals surface area contributed by atoms with Gasteiger partial charge in [0, 0.05) is 0 Å². The van der Waals surface area contributed by atoms with Crippen LogP contribution in [-0.4, -0.2) is 13.7 Å². The van der Waals surface area contributed by atoms with E-state index < -0.39 is 26.8 Å². The van der Waals surface area contributed by atoms with Crippen molar-refractivity contribution in [3.8, 4) is 0 Å². The van der Waals surface area contributed by atoms with Crippen LogP contribution in [0.1, 0.15) is 31.2 Å². The lowest BCUT2D eigenvalue weighted by atomic mass is 10.2. The smallest absolute Gasteiger partial charge is 0.398 e. The largest absolute Gasteiger partial charge is 0.416 e. The summed E-state index contributed by atoms with van der Waals surface area (Å²) >= 11 is 0. The van der Waals surface area contributed by atoms with Crippen LogP contribution in [0.15, 0.2) is 23.1 Å². The van der Waals surface area contributed by atoms with E-state index in [2.05, 4.69) is 0 Å². The minimum Gasteiger partial charge on any atom is -0.398 e. The van der Waals surface area contributed by atoms with Gasteiger partial charge in [-0.3, -0.25) is 0 Å². The summed E-state index contributed by atoms with van der Waals surface area (Å²) < 4.78 is 62.0. The molecule has 0 saturated heterocycles. The van der Waals surface area contributed by atoms with E-state index in [9.17, 15) is 21.6 Å². The van der Waals surface area contributed by atoms with E-state index in [1.165, 1.54) is 0 Å². The number of nitrogen functional groups attached to an aromatic ring is 1. The second kappa shape index (κ2) is 4.70. The van der Waals surface area contributed by atoms with Crippen molar-refractivity contribution in [1.29, 1.82) is 0 Å². The number of hydrogen-bond acceptors (Lipinski definition) is 3. The number of rotatable bonds is 2. The molecule has 1 aromatic rings. The summed E-state index contributed by atoms with van der Waals surface area (Å²) in [6.07, 6.45) is -1.79. The summed E-state index contributed by atoms with van der Waals surface area (Å²) in [6.45, 7) is 0. The second-order valence-electron chi connectivity index (χ2n) is 4.70. The van der Waals surface area contributed by atoms with Gasteiger partial charge in [-0.25, -0.2) is 8.42 Å². The van der Waals surface area contributed by atoms with Crippen LogP contribution in [-0.2, 0) is 16.0 Å². The van der Waals surface area contributed by atoms with E-state index in [1.54, 1.807) is 0 Å². The molecule has 0 unspecified atom stereocenters. The normalized spacial score (nSPS) is 17.8. The molecule has 1 aliphatic rings. The quantitative estimate of drug-likeness (QED) is 0.853. The molecule has 0 aliphatic heterocycles. The minimum absolute atomic E-state index is 0.188. The molecule has 1 aromatic carbocycles. The van der Waals surface area contributed by atoms with Gasteiger partial charge in [-0.2, -0.15) is 13.2 Å². The first kappa shape index (κ1) is 14.2. The molecule has 106 valence electrons. The van der Waals surface area contributed by atoms with E-state index >= 15 is 0 Å². The monoisotopic (exact) mass is 293 g/mol. The average molecular weight is 293 g/mol. The lowest BCUT2D eigenvalue weighted by molar-refractivity contribution is -0.137. The zero-order chi connectivity index (χ0) is 14.3. The Hall–Kier alpha value is -1.24. The predicted octanol–water partition coefficient (Wildman–Crippen LogP) is 3.00. The van der Waals surface area contributed by atoms with Crippen LogP contribution in [0.5, 0.6) is 0 Å². The standard InChI is InChI=1S/C12H14F3NO2S/c13-12(14,15)8-5-6-11(10(16)7-8)19(17,18)9-3-1-2-4-9/h5-7,9H,1-4,16H2. The molecule has 0 heterocycles. The fraction of sp³-hybridized carbons (Fsp3) is 0.500. The SMILES string of the molecule is Nc1cc(C(F)(F)F)ccc1S(=O)(=O)C1CCCC1. The van der Waals surface area contributed by atoms with Gasteiger partial charge in [0.25, 0.3) is 0 Å². The van der Waals surface area contributed by atoms with Crippen molar-refractivity contribution in [3.05, 3.63) is 23.8 Å². The molecule has 2 rings (SSSR count). The fourth-order valence-electron chi connectivity index (χ4n) is 2.36. The van der Waals surface area contributed by atoms with E-state index in [4.69, 9.17) is 5.73 Å². The third-order valence-corrected chi connectivity index (χ3v) is 5.72. The van der Waals surface area contributed by atoms with Gasteiger partial charge in [-0.1, -0.05) is 12.8 Å². The minimum atomic E-state index is -4.52. The summed E-state index contributed by atoms with van der Waals surface area (Å²) in [6, 6.07) is 2.41. The van der Waals surface area contributed by atoms with Gasteiger partial charge < -0.3 is 5.73 Å². The summed E-state index contributed by atoms with van der Waals surface area (Å²) in [5.74, 6) is 0. The Morgan fingerprint density at radius 1 is 1.16 bits per heavy atom. The van der Waals surface area contributed by atoms with Crippen molar-refractivity contribution in [2.45, 2.75) is 42.0 Å². The van der Waals surface area contributed by atoms with Crippen molar-refractivity contribution in [1.82, 2.24) is 0 Å². The third kappa shape index (κ3) is 2.70. The van der Waals surface area contributed by atoms with Crippen molar-refractivity contribution in [2.24, 2.45) is 0 Å². The molecule has 0 bridgehead atoms. The molecular formula is C12H14F3NO2S. The van der Waals surface area contributed by atoms with E-state index in [0.717, 1.165) is 25.0 Å². The lowest BCUT2D eigenvalue weighted by Crippen LogP contribution is -2.19. The Kier molecular flexibility index (Phi) is 3.51. The first-order valence-corrected chi connectivity index (χ1v) is 7.48. The molecule has 3 nitrogen and oxygen atoms in total. The zero-order valence-corrected chi connectivity index (χ0v) is 10.9. The van der Waals surface area contributed by atoms with Crippen LogP contribution in [0.25, 0.3) is 0 Å². The van der Waals surface area contributed by atoms with Crippen molar-refractivity contribution in [2.75, 3.05) is 5.73 Å². The van der Waals surface area contributed by atoms with Crippen LogP contribution >= 0.6 is 0 Å². The number of anilines is 1. The molecule has 1 fully saturated rings. The number of halogens is 3. The van der Waals surface area contributed by atoms with Gasteiger partial charge in [0.1, 0.15) is 0 Å². The maximum Gasteiger partial charge on any atom is 0.416 e. The van der Waals surface area contributed by atoms with E-state index in [-0.39, 0.29) is 10.6 Å². The van der Waals surface area contributed by atoms with Gasteiger partial charge in [0.2, 0.25) is 0 Å². The molecule has 2 N–H and O–H groups in total. The Morgan fingerprint density at radius 2 is 1.74 bits per heavy atom. The number of sulfone groups is 1. The van der Waals surface area contributed by atoms with Crippen LogP contribution in [0.4, 0.5) is 18.9 Å². The first-order valence-electron chi connectivity index (χ1n) is 5.93. The van der Waals surface area contributed by atoms with Crippen molar-refractivity contribution in [3.63, 3.8) is 0 Å². The summed E-state index contributed by atoms with van der Waals surface area (Å²) in [5.41, 5.74) is 4.23. The van der Waals surface area contributed by atoms with Crippen molar-refractivity contribution < 1.29 is 21.6 Å². The van der Waals surface area contributed by atoms with Gasteiger partial charge in [0.05, 0.1) is 21.4 Å². The number of alkyl halides is 3. The summed E-state index contributed by atoms with van der Waals surface area (Å²) in [5, 5.41) is -0.522. The zero-order valence-electron chi connectivity index (χ0n) is 10.1. The molecule has 0 spiro atoms.